The molecule has 5 nitrogen and oxygen atoms in total. The van der Waals surface area contributed by atoms with Gasteiger partial charge in [-0.2, -0.15) is 0 Å². The van der Waals surface area contributed by atoms with Crippen LogP contribution in [0.25, 0.3) is 11.0 Å². The van der Waals surface area contributed by atoms with E-state index < -0.39 is 0 Å². The van der Waals surface area contributed by atoms with Crippen LogP contribution in [0.2, 0.25) is 0 Å². The van der Waals surface area contributed by atoms with Crippen LogP contribution >= 0.6 is 0 Å². The van der Waals surface area contributed by atoms with E-state index in [9.17, 15) is 0 Å². The quantitative estimate of drug-likeness (QED) is 0.908. The van der Waals surface area contributed by atoms with Crippen molar-refractivity contribution >= 4 is 16.9 Å². The van der Waals surface area contributed by atoms with Gasteiger partial charge in [0.05, 0.1) is 5.39 Å². The summed E-state index contributed by atoms with van der Waals surface area (Å²) in [6.07, 6.45) is 9.62. The molecule has 2 heterocycles. The lowest BCUT2D eigenvalue weighted by atomic mass is 9.90. The number of H-pyrrole nitrogens is 1. The lowest BCUT2D eigenvalue weighted by molar-refractivity contribution is 0.221. The van der Waals surface area contributed by atoms with E-state index in [0.29, 0.717) is 6.04 Å². The highest BCUT2D eigenvalue weighted by Gasteiger charge is 2.23. The summed E-state index contributed by atoms with van der Waals surface area (Å²) in [7, 11) is 4.36. The van der Waals surface area contributed by atoms with E-state index >= 15 is 0 Å². The van der Waals surface area contributed by atoms with Crippen molar-refractivity contribution in [1.29, 1.82) is 0 Å². The molecule has 1 fully saturated rings. The monoisotopic (exact) mass is 287 g/mol. The summed E-state index contributed by atoms with van der Waals surface area (Å²) in [4.78, 5) is 14.4. The fourth-order valence-corrected chi connectivity index (χ4v) is 3.35. The smallest absolute Gasteiger partial charge is 0.143 e. The molecular weight excluding hydrogens is 262 g/mol. The van der Waals surface area contributed by atoms with Crippen LogP contribution in [-0.2, 0) is 6.42 Å². The van der Waals surface area contributed by atoms with Gasteiger partial charge >= 0.3 is 0 Å². The Morgan fingerprint density at radius 1 is 1.24 bits per heavy atom. The second kappa shape index (κ2) is 6.02. The van der Waals surface area contributed by atoms with E-state index in [0.717, 1.165) is 29.3 Å². The molecule has 2 N–H and O–H groups in total. The predicted molar refractivity (Wildman–Crippen MR) is 86.6 cm³/mol. The summed E-state index contributed by atoms with van der Waals surface area (Å²) < 4.78 is 0. The van der Waals surface area contributed by atoms with Gasteiger partial charge in [-0.25, -0.2) is 9.97 Å². The zero-order valence-electron chi connectivity index (χ0n) is 13.2. The minimum atomic E-state index is 0.527. The fraction of sp³-hybridized carbons (Fsp3) is 0.625. The third-order valence-electron chi connectivity index (χ3n) is 4.70. The molecule has 1 aliphatic carbocycles. The third kappa shape index (κ3) is 2.88. The highest BCUT2D eigenvalue weighted by Crippen LogP contribution is 2.28. The van der Waals surface area contributed by atoms with Crippen molar-refractivity contribution in [3.63, 3.8) is 0 Å². The maximum absolute atomic E-state index is 4.48. The van der Waals surface area contributed by atoms with Crippen molar-refractivity contribution in [3.8, 4) is 0 Å². The minimum absolute atomic E-state index is 0.527. The number of hydrogen-bond acceptors (Lipinski definition) is 4. The molecule has 1 aliphatic rings. The first-order valence-corrected chi connectivity index (χ1v) is 7.93. The molecule has 3 rings (SSSR count). The van der Waals surface area contributed by atoms with E-state index in [1.165, 1.54) is 31.2 Å². The normalized spacial score (nSPS) is 22.9. The topological polar surface area (TPSA) is 56.8 Å². The van der Waals surface area contributed by atoms with Gasteiger partial charge in [-0.3, -0.25) is 0 Å². The number of aryl methyl sites for hydroxylation is 1. The number of anilines is 1. The molecular formula is C16H25N5. The van der Waals surface area contributed by atoms with Gasteiger partial charge in [0, 0.05) is 18.3 Å². The highest BCUT2D eigenvalue weighted by molar-refractivity contribution is 5.90. The number of hydrogen-bond donors (Lipinski definition) is 2. The molecule has 0 bridgehead atoms. The van der Waals surface area contributed by atoms with E-state index in [1.54, 1.807) is 6.33 Å². The summed E-state index contributed by atoms with van der Waals surface area (Å²) in [5.74, 6) is 0.992. The Morgan fingerprint density at radius 2 is 2.00 bits per heavy atom. The number of fused-ring (bicyclic) bond motifs is 1. The Kier molecular flexibility index (Phi) is 4.10. The second-order valence-electron chi connectivity index (χ2n) is 6.23. The lowest BCUT2D eigenvalue weighted by Gasteiger charge is -2.33. The number of nitrogens with zero attached hydrogens (tertiary/aromatic N) is 3. The van der Waals surface area contributed by atoms with Gasteiger partial charge in [0.15, 0.2) is 0 Å². The van der Waals surface area contributed by atoms with Crippen molar-refractivity contribution in [2.45, 2.75) is 51.1 Å². The average molecular weight is 287 g/mol. The Hall–Kier alpha value is -1.62. The van der Waals surface area contributed by atoms with E-state index in [-0.39, 0.29) is 0 Å². The molecule has 114 valence electrons. The largest absolute Gasteiger partial charge is 0.367 e. The summed E-state index contributed by atoms with van der Waals surface area (Å²) in [5, 5.41) is 4.82. The Labute approximate surface area is 126 Å². The predicted octanol–water partition coefficient (Wildman–Crippen LogP) is 2.81. The van der Waals surface area contributed by atoms with Crippen LogP contribution in [0.5, 0.6) is 0 Å². The maximum atomic E-state index is 4.48. The molecule has 2 aromatic heterocycles. The molecule has 0 radical (unpaired) electrons. The Morgan fingerprint density at radius 3 is 2.67 bits per heavy atom. The molecule has 2 aromatic rings. The Bertz CT molecular complexity index is 596. The molecule has 21 heavy (non-hydrogen) atoms. The first kappa shape index (κ1) is 14.3. The highest BCUT2D eigenvalue weighted by atomic mass is 15.1. The number of aromatic nitrogens is 3. The molecule has 5 heteroatoms. The van der Waals surface area contributed by atoms with Crippen molar-refractivity contribution < 1.29 is 0 Å². The van der Waals surface area contributed by atoms with Gasteiger partial charge in [0.1, 0.15) is 17.8 Å². The molecule has 0 aromatic carbocycles. The molecule has 0 aliphatic heterocycles. The second-order valence-corrected chi connectivity index (χ2v) is 6.23. The molecule has 0 spiro atoms. The molecule has 0 amide bonds. The standard InChI is InChI=1S/C16H25N5/c1-4-11-9-17-15-14(11)16(19-10-18-15)20-12-5-7-13(8-6-12)21(2)3/h9-10,12-13H,4-8H2,1-3H3,(H2,17,18,19,20)/t12-,13-. The first-order valence-electron chi connectivity index (χ1n) is 7.93. The van der Waals surface area contributed by atoms with Crippen LogP contribution in [-0.4, -0.2) is 46.0 Å². The van der Waals surface area contributed by atoms with Crippen LogP contribution in [0.3, 0.4) is 0 Å². The van der Waals surface area contributed by atoms with Gasteiger partial charge < -0.3 is 15.2 Å². The van der Waals surface area contributed by atoms with Gasteiger partial charge in [-0.15, -0.1) is 0 Å². The summed E-state index contributed by atoms with van der Waals surface area (Å²) in [6.45, 7) is 2.17. The van der Waals surface area contributed by atoms with Crippen LogP contribution < -0.4 is 5.32 Å². The van der Waals surface area contributed by atoms with Crippen LogP contribution in [0, 0.1) is 0 Å². The van der Waals surface area contributed by atoms with Gasteiger partial charge in [0.25, 0.3) is 0 Å². The van der Waals surface area contributed by atoms with Gasteiger partial charge in [-0.1, -0.05) is 6.92 Å². The van der Waals surface area contributed by atoms with Gasteiger partial charge in [-0.05, 0) is 51.8 Å². The summed E-state index contributed by atoms with van der Waals surface area (Å²) >= 11 is 0. The van der Waals surface area contributed by atoms with E-state index in [2.05, 4.69) is 46.2 Å². The van der Waals surface area contributed by atoms with E-state index in [1.807, 2.05) is 6.20 Å². The molecule has 0 saturated heterocycles. The molecule has 0 unspecified atom stereocenters. The number of nitrogens with one attached hydrogen (secondary N) is 2. The third-order valence-corrected chi connectivity index (χ3v) is 4.70. The minimum Gasteiger partial charge on any atom is -0.367 e. The summed E-state index contributed by atoms with van der Waals surface area (Å²) in [6, 6.07) is 1.26. The van der Waals surface area contributed by atoms with Crippen molar-refractivity contribution in [2.24, 2.45) is 0 Å². The Balaban J connectivity index is 1.75. The molecule has 0 atom stereocenters. The summed E-state index contributed by atoms with van der Waals surface area (Å²) in [5.41, 5.74) is 2.22. The van der Waals surface area contributed by atoms with Crippen LogP contribution in [0.15, 0.2) is 12.5 Å². The van der Waals surface area contributed by atoms with Crippen molar-refractivity contribution in [1.82, 2.24) is 19.9 Å². The zero-order valence-corrected chi connectivity index (χ0v) is 13.2. The van der Waals surface area contributed by atoms with Crippen LogP contribution in [0.1, 0.15) is 38.2 Å². The molecule has 1 saturated carbocycles. The van der Waals surface area contributed by atoms with E-state index in [4.69, 9.17) is 0 Å². The number of rotatable bonds is 4. The van der Waals surface area contributed by atoms with Crippen molar-refractivity contribution in [3.05, 3.63) is 18.1 Å². The van der Waals surface area contributed by atoms with Gasteiger partial charge in [0.2, 0.25) is 0 Å². The first-order chi connectivity index (χ1) is 10.2. The SMILES string of the molecule is CCc1c[nH]c2ncnc(N[C@H]3CC[C@H](N(C)C)CC3)c12. The maximum Gasteiger partial charge on any atom is 0.143 e. The number of aromatic amines is 1. The lowest BCUT2D eigenvalue weighted by Crippen LogP contribution is -2.36. The zero-order chi connectivity index (χ0) is 14.8. The van der Waals surface area contributed by atoms with Crippen LogP contribution in [0.4, 0.5) is 5.82 Å². The fourth-order valence-electron chi connectivity index (χ4n) is 3.35. The van der Waals surface area contributed by atoms with Crippen molar-refractivity contribution in [2.75, 3.05) is 19.4 Å². The average Bonchev–Trinajstić information content (AvgIpc) is 2.92.